The van der Waals surface area contributed by atoms with Gasteiger partial charge in [-0.05, 0) is 29.7 Å². The van der Waals surface area contributed by atoms with Gasteiger partial charge in [-0.1, -0.05) is 11.6 Å². The van der Waals surface area contributed by atoms with Crippen molar-refractivity contribution in [2.75, 3.05) is 26.2 Å². The summed E-state index contributed by atoms with van der Waals surface area (Å²) in [7, 11) is 0. The lowest BCUT2D eigenvalue weighted by molar-refractivity contribution is -0.135. The Morgan fingerprint density at radius 2 is 2.09 bits per heavy atom. The zero-order chi connectivity index (χ0) is 16.3. The summed E-state index contributed by atoms with van der Waals surface area (Å²) in [5, 5.41) is 18.3. The number of amides is 2. The standard InChI is InChI=1S/C14H16ClFN2O4/c15-12-6-10(16)5-9(11(12)8-19)1-2-17-3-4-18(14(21)22)7-13(17)20/h5-6,19H,1-4,7-8H2,(H,21,22). The molecule has 2 amide bonds. The number of hydrogen-bond acceptors (Lipinski definition) is 3. The fraction of sp³-hybridized carbons (Fsp3) is 0.429. The molecule has 6 nitrogen and oxygen atoms in total. The number of carbonyl (C=O) groups is 2. The lowest BCUT2D eigenvalue weighted by atomic mass is 10.0. The summed E-state index contributed by atoms with van der Waals surface area (Å²) in [5.41, 5.74) is 0.987. The molecule has 0 spiro atoms. The van der Waals surface area contributed by atoms with Gasteiger partial charge in [0.15, 0.2) is 0 Å². The second-order valence-corrected chi connectivity index (χ2v) is 5.43. The summed E-state index contributed by atoms with van der Waals surface area (Å²) >= 11 is 5.89. The van der Waals surface area contributed by atoms with E-state index in [-0.39, 0.29) is 30.6 Å². The van der Waals surface area contributed by atoms with Gasteiger partial charge in [0.2, 0.25) is 5.91 Å². The molecule has 1 fully saturated rings. The molecular weight excluding hydrogens is 315 g/mol. The summed E-state index contributed by atoms with van der Waals surface area (Å²) in [6.45, 7) is 0.376. The second kappa shape index (κ2) is 6.93. The Balaban J connectivity index is 2.02. The number of benzene rings is 1. The fourth-order valence-electron chi connectivity index (χ4n) is 2.42. The van der Waals surface area contributed by atoms with Crippen LogP contribution in [0.4, 0.5) is 9.18 Å². The third-order valence-corrected chi connectivity index (χ3v) is 3.99. The fourth-order valence-corrected chi connectivity index (χ4v) is 2.71. The maximum absolute atomic E-state index is 13.4. The van der Waals surface area contributed by atoms with Gasteiger partial charge in [-0.25, -0.2) is 9.18 Å². The van der Waals surface area contributed by atoms with Crippen LogP contribution in [0, 0.1) is 5.82 Å². The third-order valence-electron chi connectivity index (χ3n) is 3.65. The van der Waals surface area contributed by atoms with Crippen LogP contribution >= 0.6 is 11.6 Å². The van der Waals surface area contributed by atoms with E-state index >= 15 is 0 Å². The summed E-state index contributed by atoms with van der Waals surface area (Å²) in [5.74, 6) is -0.791. The molecule has 2 rings (SSSR count). The molecule has 1 aromatic carbocycles. The second-order valence-electron chi connectivity index (χ2n) is 5.02. The number of rotatable bonds is 4. The SMILES string of the molecule is O=C(O)N1CCN(CCc2cc(F)cc(Cl)c2CO)C(=O)C1. The van der Waals surface area contributed by atoms with Gasteiger partial charge in [0.25, 0.3) is 0 Å². The maximum atomic E-state index is 13.4. The predicted octanol–water partition coefficient (Wildman–Crippen LogP) is 1.34. The van der Waals surface area contributed by atoms with E-state index < -0.39 is 11.9 Å². The van der Waals surface area contributed by atoms with Crippen LogP contribution in [0.2, 0.25) is 5.02 Å². The topological polar surface area (TPSA) is 81.1 Å². The van der Waals surface area contributed by atoms with Crippen LogP contribution in [0.25, 0.3) is 0 Å². The van der Waals surface area contributed by atoms with E-state index in [9.17, 15) is 19.1 Å². The Bertz CT molecular complexity index is 596. The van der Waals surface area contributed by atoms with Gasteiger partial charge in [-0.2, -0.15) is 0 Å². The molecule has 1 aliphatic rings. The number of nitrogens with zero attached hydrogens (tertiary/aromatic N) is 2. The smallest absolute Gasteiger partial charge is 0.407 e. The summed E-state index contributed by atoms with van der Waals surface area (Å²) in [4.78, 5) is 25.3. The Morgan fingerprint density at radius 1 is 1.36 bits per heavy atom. The maximum Gasteiger partial charge on any atom is 0.407 e. The number of carboxylic acid groups (broad SMARTS) is 1. The van der Waals surface area contributed by atoms with Crippen LogP contribution in [0.5, 0.6) is 0 Å². The van der Waals surface area contributed by atoms with Crippen LogP contribution < -0.4 is 0 Å². The number of aliphatic hydroxyl groups is 1. The number of hydrogen-bond donors (Lipinski definition) is 2. The van der Waals surface area contributed by atoms with Crippen molar-refractivity contribution in [1.29, 1.82) is 0 Å². The van der Waals surface area contributed by atoms with Gasteiger partial charge in [0, 0.05) is 24.7 Å². The van der Waals surface area contributed by atoms with E-state index in [4.69, 9.17) is 16.7 Å². The molecule has 0 radical (unpaired) electrons. The minimum absolute atomic E-state index is 0.152. The lowest BCUT2D eigenvalue weighted by Gasteiger charge is -2.32. The molecule has 0 aliphatic carbocycles. The average Bonchev–Trinajstić information content (AvgIpc) is 2.45. The molecule has 1 heterocycles. The van der Waals surface area contributed by atoms with Crippen molar-refractivity contribution in [3.63, 3.8) is 0 Å². The van der Waals surface area contributed by atoms with E-state index in [0.717, 1.165) is 11.0 Å². The minimum atomic E-state index is -1.12. The van der Waals surface area contributed by atoms with Crippen LogP contribution in [-0.4, -0.2) is 58.2 Å². The molecule has 0 aromatic heterocycles. The largest absolute Gasteiger partial charge is 0.465 e. The van der Waals surface area contributed by atoms with Gasteiger partial charge in [0.1, 0.15) is 12.4 Å². The van der Waals surface area contributed by atoms with Crippen molar-refractivity contribution < 1.29 is 24.2 Å². The third kappa shape index (κ3) is 3.66. The quantitative estimate of drug-likeness (QED) is 0.873. The van der Waals surface area contributed by atoms with Gasteiger partial charge in [-0.15, -0.1) is 0 Å². The first-order valence-electron chi connectivity index (χ1n) is 6.75. The molecule has 1 aromatic rings. The van der Waals surface area contributed by atoms with Gasteiger partial charge >= 0.3 is 6.09 Å². The molecule has 22 heavy (non-hydrogen) atoms. The normalized spacial score (nSPS) is 15.3. The first-order chi connectivity index (χ1) is 10.4. The highest BCUT2D eigenvalue weighted by atomic mass is 35.5. The van der Waals surface area contributed by atoms with Crippen molar-refractivity contribution >= 4 is 23.6 Å². The Labute approximate surface area is 131 Å². The summed E-state index contributed by atoms with van der Waals surface area (Å²) in [6, 6.07) is 2.42. The van der Waals surface area contributed by atoms with Crippen LogP contribution in [0.15, 0.2) is 12.1 Å². The number of piperazine rings is 1. The lowest BCUT2D eigenvalue weighted by Crippen LogP contribution is -2.52. The minimum Gasteiger partial charge on any atom is -0.465 e. The highest BCUT2D eigenvalue weighted by Crippen LogP contribution is 2.23. The first kappa shape index (κ1) is 16.5. The number of aliphatic hydroxyl groups excluding tert-OH is 1. The summed E-state index contributed by atoms with van der Waals surface area (Å²) in [6.07, 6.45) is -0.779. The molecule has 0 atom stereocenters. The first-order valence-corrected chi connectivity index (χ1v) is 7.13. The zero-order valence-electron chi connectivity index (χ0n) is 11.8. The predicted molar refractivity (Wildman–Crippen MR) is 77.2 cm³/mol. The van der Waals surface area contributed by atoms with Gasteiger partial charge < -0.3 is 15.1 Å². The molecule has 120 valence electrons. The number of carbonyl (C=O) groups excluding carboxylic acids is 1. The van der Waals surface area contributed by atoms with Crippen molar-refractivity contribution in [1.82, 2.24) is 9.80 Å². The van der Waals surface area contributed by atoms with Gasteiger partial charge in [-0.3, -0.25) is 9.69 Å². The molecule has 1 aliphatic heterocycles. The monoisotopic (exact) mass is 330 g/mol. The van der Waals surface area contributed by atoms with E-state index in [2.05, 4.69) is 0 Å². The molecule has 2 N–H and O–H groups in total. The average molecular weight is 331 g/mol. The van der Waals surface area contributed by atoms with Crippen LogP contribution in [0.1, 0.15) is 11.1 Å². The molecule has 0 unspecified atom stereocenters. The molecule has 0 saturated carbocycles. The number of halogens is 2. The van der Waals surface area contributed by atoms with Crippen molar-refractivity contribution in [3.05, 3.63) is 34.1 Å². The molecule has 1 saturated heterocycles. The van der Waals surface area contributed by atoms with Gasteiger partial charge in [0.05, 0.1) is 6.61 Å². The highest BCUT2D eigenvalue weighted by molar-refractivity contribution is 6.31. The van der Waals surface area contributed by atoms with Crippen molar-refractivity contribution in [2.24, 2.45) is 0 Å². The Morgan fingerprint density at radius 3 is 2.68 bits per heavy atom. The van der Waals surface area contributed by atoms with Crippen molar-refractivity contribution in [2.45, 2.75) is 13.0 Å². The highest BCUT2D eigenvalue weighted by Gasteiger charge is 2.26. The van der Waals surface area contributed by atoms with E-state index in [1.807, 2.05) is 0 Å². The van der Waals surface area contributed by atoms with Crippen LogP contribution in [-0.2, 0) is 17.8 Å². The van der Waals surface area contributed by atoms with E-state index in [0.29, 0.717) is 30.6 Å². The Hall–Kier alpha value is -1.86. The van der Waals surface area contributed by atoms with E-state index in [1.165, 1.54) is 11.0 Å². The molecule has 8 heteroatoms. The van der Waals surface area contributed by atoms with Crippen LogP contribution in [0.3, 0.4) is 0 Å². The molecule has 0 bridgehead atoms. The zero-order valence-corrected chi connectivity index (χ0v) is 12.5. The Kier molecular flexibility index (Phi) is 5.20. The van der Waals surface area contributed by atoms with Crippen molar-refractivity contribution in [3.8, 4) is 0 Å². The summed E-state index contributed by atoms with van der Waals surface area (Å²) < 4.78 is 13.4. The van der Waals surface area contributed by atoms with E-state index in [1.54, 1.807) is 0 Å². The molecular formula is C14H16ClFN2O4.